The van der Waals surface area contributed by atoms with Crippen molar-refractivity contribution in [2.45, 2.75) is 27.7 Å². The molecule has 1 heterocycles. The number of benzene rings is 1. The van der Waals surface area contributed by atoms with E-state index in [-0.39, 0.29) is 0 Å². The van der Waals surface area contributed by atoms with Crippen molar-refractivity contribution in [1.29, 1.82) is 0 Å². The molecule has 0 saturated heterocycles. The fraction of sp³-hybridized carbons (Fsp3) is 0.333. The third-order valence-electron chi connectivity index (χ3n) is 3.62. The Labute approximate surface area is 108 Å². The lowest BCUT2D eigenvalue weighted by Gasteiger charge is -2.13. The Hall–Kier alpha value is -1.90. The Bertz CT molecular complexity index is 589. The van der Waals surface area contributed by atoms with E-state index in [1.54, 1.807) is 0 Å². The molecule has 0 aliphatic heterocycles. The lowest BCUT2D eigenvalue weighted by molar-refractivity contribution is 1.00. The van der Waals surface area contributed by atoms with E-state index in [1.807, 2.05) is 7.05 Å². The molecule has 0 aliphatic rings. The molecule has 0 saturated carbocycles. The van der Waals surface area contributed by atoms with Crippen molar-refractivity contribution in [2.24, 2.45) is 0 Å². The predicted octanol–water partition coefficient (Wildman–Crippen LogP) is 3.42. The number of anilines is 1. The highest BCUT2D eigenvalue weighted by molar-refractivity contribution is 5.70. The van der Waals surface area contributed by atoms with Crippen molar-refractivity contribution < 1.29 is 0 Å². The van der Waals surface area contributed by atoms with Gasteiger partial charge in [-0.2, -0.15) is 0 Å². The Morgan fingerprint density at radius 3 is 2.28 bits per heavy atom. The maximum atomic E-state index is 4.37. The van der Waals surface area contributed by atoms with Crippen LogP contribution >= 0.6 is 0 Å². The second-order valence-electron chi connectivity index (χ2n) is 4.64. The van der Waals surface area contributed by atoms with Gasteiger partial charge in [0, 0.05) is 12.6 Å². The van der Waals surface area contributed by atoms with Crippen LogP contribution in [0.15, 0.2) is 18.2 Å². The molecule has 3 nitrogen and oxygen atoms in total. The second-order valence-corrected chi connectivity index (χ2v) is 4.64. The highest BCUT2D eigenvalue weighted by Crippen LogP contribution is 2.29. The van der Waals surface area contributed by atoms with E-state index in [4.69, 9.17) is 0 Å². The first kappa shape index (κ1) is 12.6. The molecule has 94 valence electrons. The molecule has 0 bridgehead atoms. The van der Waals surface area contributed by atoms with Crippen LogP contribution in [0.1, 0.15) is 22.3 Å². The number of rotatable bonds is 2. The minimum Gasteiger partial charge on any atom is -0.371 e. The SMILES string of the molecule is CNc1nnc(-c2cccc(C)c2C)c(C)c1C. The summed E-state index contributed by atoms with van der Waals surface area (Å²) in [7, 11) is 1.87. The first-order valence-electron chi connectivity index (χ1n) is 6.14. The van der Waals surface area contributed by atoms with Crippen molar-refractivity contribution in [3.05, 3.63) is 40.5 Å². The maximum Gasteiger partial charge on any atom is 0.151 e. The van der Waals surface area contributed by atoms with Gasteiger partial charge in [-0.05, 0) is 49.9 Å². The lowest BCUT2D eigenvalue weighted by atomic mass is 9.97. The molecule has 0 fully saturated rings. The van der Waals surface area contributed by atoms with Gasteiger partial charge in [0.05, 0.1) is 5.69 Å². The number of hydrogen-bond acceptors (Lipinski definition) is 3. The molecule has 0 amide bonds. The van der Waals surface area contributed by atoms with Crippen LogP contribution in [0.25, 0.3) is 11.3 Å². The van der Waals surface area contributed by atoms with Gasteiger partial charge in [-0.25, -0.2) is 0 Å². The number of nitrogens with one attached hydrogen (secondary N) is 1. The van der Waals surface area contributed by atoms with Gasteiger partial charge in [-0.1, -0.05) is 18.2 Å². The molecular weight excluding hydrogens is 222 g/mol. The highest BCUT2D eigenvalue weighted by Gasteiger charge is 2.12. The standard InChI is InChI=1S/C15H19N3/c1-9-7-6-8-13(10(9)2)14-11(3)12(4)15(16-5)18-17-14/h6-8H,1-5H3,(H,16,18). The van der Waals surface area contributed by atoms with Crippen molar-refractivity contribution in [1.82, 2.24) is 10.2 Å². The Kier molecular flexibility index (Phi) is 3.32. The first-order chi connectivity index (χ1) is 8.56. The monoisotopic (exact) mass is 241 g/mol. The quantitative estimate of drug-likeness (QED) is 0.875. The van der Waals surface area contributed by atoms with E-state index in [2.05, 4.69) is 61.4 Å². The normalized spacial score (nSPS) is 10.5. The smallest absolute Gasteiger partial charge is 0.151 e. The molecule has 0 spiro atoms. The fourth-order valence-electron chi connectivity index (χ4n) is 2.11. The van der Waals surface area contributed by atoms with Crippen LogP contribution in [0.4, 0.5) is 5.82 Å². The summed E-state index contributed by atoms with van der Waals surface area (Å²) in [5.74, 6) is 0.849. The van der Waals surface area contributed by atoms with Crippen LogP contribution < -0.4 is 5.32 Å². The summed E-state index contributed by atoms with van der Waals surface area (Å²) in [5.41, 5.74) is 7.04. The van der Waals surface area contributed by atoms with Gasteiger partial charge in [-0.15, -0.1) is 10.2 Å². The summed E-state index contributed by atoms with van der Waals surface area (Å²) in [5, 5.41) is 11.7. The van der Waals surface area contributed by atoms with Crippen LogP contribution in [0.5, 0.6) is 0 Å². The Morgan fingerprint density at radius 1 is 0.889 bits per heavy atom. The van der Waals surface area contributed by atoms with Gasteiger partial charge in [-0.3, -0.25) is 0 Å². The van der Waals surface area contributed by atoms with E-state index >= 15 is 0 Å². The topological polar surface area (TPSA) is 37.8 Å². The molecule has 2 aromatic rings. The molecule has 3 heteroatoms. The van der Waals surface area contributed by atoms with Crippen LogP contribution in [-0.2, 0) is 0 Å². The van der Waals surface area contributed by atoms with Crippen LogP contribution in [-0.4, -0.2) is 17.2 Å². The highest BCUT2D eigenvalue weighted by atomic mass is 15.2. The van der Waals surface area contributed by atoms with Crippen molar-refractivity contribution in [3.63, 3.8) is 0 Å². The zero-order chi connectivity index (χ0) is 13.3. The van der Waals surface area contributed by atoms with Gasteiger partial charge in [0.15, 0.2) is 5.82 Å². The molecule has 18 heavy (non-hydrogen) atoms. The molecule has 0 atom stereocenters. The summed E-state index contributed by atoms with van der Waals surface area (Å²) in [6, 6.07) is 6.30. The molecule has 0 radical (unpaired) electrons. The van der Waals surface area contributed by atoms with Crippen molar-refractivity contribution in [2.75, 3.05) is 12.4 Å². The molecule has 0 aliphatic carbocycles. The Morgan fingerprint density at radius 2 is 1.61 bits per heavy atom. The van der Waals surface area contributed by atoms with Crippen molar-refractivity contribution in [3.8, 4) is 11.3 Å². The number of aryl methyl sites for hydroxylation is 1. The summed E-state index contributed by atoms with van der Waals surface area (Å²) in [6.45, 7) is 8.43. The van der Waals surface area contributed by atoms with Gasteiger partial charge in [0.2, 0.25) is 0 Å². The fourth-order valence-corrected chi connectivity index (χ4v) is 2.11. The van der Waals surface area contributed by atoms with E-state index in [0.717, 1.165) is 17.1 Å². The van der Waals surface area contributed by atoms with Gasteiger partial charge in [0.1, 0.15) is 0 Å². The van der Waals surface area contributed by atoms with E-state index in [0.29, 0.717) is 0 Å². The largest absolute Gasteiger partial charge is 0.371 e. The van der Waals surface area contributed by atoms with E-state index < -0.39 is 0 Å². The molecule has 1 N–H and O–H groups in total. The lowest BCUT2D eigenvalue weighted by Crippen LogP contribution is -2.03. The number of aromatic nitrogens is 2. The van der Waals surface area contributed by atoms with Crippen LogP contribution in [0.2, 0.25) is 0 Å². The maximum absolute atomic E-state index is 4.37. The van der Waals surface area contributed by atoms with Crippen molar-refractivity contribution >= 4 is 5.82 Å². The number of nitrogens with zero attached hydrogens (tertiary/aromatic N) is 2. The number of hydrogen-bond donors (Lipinski definition) is 1. The third kappa shape index (κ3) is 1.96. The van der Waals surface area contributed by atoms with E-state index in [9.17, 15) is 0 Å². The van der Waals surface area contributed by atoms with Gasteiger partial charge >= 0.3 is 0 Å². The zero-order valence-corrected chi connectivity index (χ0v) is 11.6. The average molecular weight is 241 g/mol. The average Bonchev–Trinajstić information content (AvgIpc) is 2.37. The minimum absolute atomic E-state index is 0.849. The predicted molar refractivity (Wildman–Crippen MR) is 76.0 cm³/mol. The molecule has 1 aromatic heterocycles. The summed E-state index contributed by atoms with van der Waals surface area (Å²) >= 11 is 0. The van der Waals surface area contributed by atoms with Gasteiger partial charge < -0.3 is 5.32 Å². The first-order valence-corrected chi connectivity index (χ1v) is 6.14. The third-order valence-corrected chi connectivity index (χ3v) is 3.62. The van der Waals surface area contributed by atoms with E-state index in [1.165, 1.54) is 22.3 Å². The van der Waals surface area contributed by atoms with Crippen LogP contribution in [0, 0.1) is 27.7 Å². The molecular formula is C15H19N3. The molecule has 1 aromatic carbocycles. The molecule has 2 rings (SSSR count). The van der Waals surface area contributed by atoms with Gasteiger partial charge in [0.25, 0.3) is 0 Å². The minimum atomic E-state index is 0.849. The zero-order valence-electron chi connectivity index (χ0n) is 11.6. The molecule has 0 unspecified atom stereocenters. The second kappa shape index (κ2) is 4.77. The summed E-state index contributed by atoms with van der Waals surface area (Å²) in [4.78, 5) is 0. The Balaban J connectivity index is 2.65. The van der Waals surface area contributed by atoms with Crippen LogP contribution in [0.3, 0.4) is 0 Å². The summed E-state index contributed by atoms with van der Waals surface area (Å²) in [6.07, 6.45) is 0. The summed E-state index contributed by atoms with van der Waals surface area (Å²) < 4.78 is 0.